The maximum Gasteiger partial charge on any atom is 0.0965 e. The van der Waals surface area contributed by atoms with Crippen molar-refractivity contribution in [1.29, 1.82) is 0 Å². The monoisotopic (exact) mass is 234 g/mol. The summed E-state index contributed by atoms with van der Waals surface area (Å²) in [4.78, 5) is 0. The highest BCUT2D eigenvalue weighted by atomic mass is 15.4. The van der Waals surface area contributed by atoms with Gasteiger partial charge in [-0.2, -0.15) is 0 Å². The van der Waals surface area contributed by atoms with E-state index in [1.54, 1.807) is 0 Å². The summed E-state index contributed by atoms with van der Waals surface area (Å²) in [6.07, 6.45) is 10.1. The van der Waals surface area contributed by atoms with E-state index in [1.165, 1.54) is 12.8 Å². The zero-order chi connectivity index (χ0) is 12.3. The first-order valence-electron chi connectivity index (χ1n) is 6.36. The van der Waals surface area contributed by atoms with Crippen molar-refractivity contribution in [2.24, 2.45) is 0 Å². The third-order valence-electron chi connectivity index (χ3n) is 3.07. The van der Waals surface area contributed by atoms with Gasteiger partial charge in [-0.15, -0.1) is 5.10 Å². The predicted molar refractivity (Wildman–Crippen MR) is 68.6 cm³/mol. The van der Waals surface area contributed by atoms with Gasteiger partial charge >= 0.3 is 0 Å². The third-order valence-corrected chi connectivity index (χ3v) is 3.07. The van der Waals surface area contributed by atoms with Crippen LogP contribution in [0.5, 0.6) is 0 Å². The number of hydrogen-bond donors (Lipinski definition) is 1. The van der Waals surface area contributed by atoms with Crippen LogP contribution in [-0.2, 0) is 12.1 Å². The molecule has 1 aromatic heterocycles. The summed E-state index contributed by atoms with van der Waals surface area (Å²) >= 11 is 0. The van der Waals surface area contributed by atoms with Crippen LogP contribution in [0.3, 0.4) is 0 Å². The van der Waals surface area contributed by atoms with Gasteiger partial charge in [-0.1, -0.05) is 17.4 Å². The largest absolute Gasteiger partial charge is 0.308 e. The van der Waals surface area contributed by atoms with Gasteiger partial charge in [0.05, 0.1) is 17.4 Å². The van der Waals surface area contributed by atoms with Crippen molar-refractivity contribution in [1.82, 2.24) is 20.3 Å². The molecule has 1 aliphatic rings. The normalized spacial score (nSPS) is 20.8. The predicted octanol–water partition coefficient (Wildman–Crippen LogP) is 2.23. The summed E-state index contributed by atoms with van der Waals surface area (Å²) in [5.41, 5.74) is 1.04. The molecule has 0 spiro atoms. The molecule has 0 saturated heterocycles. The van der Waals surface area contributed by atoms with Crippen molar-refractivity contribution in [2.75, 3.05) is 0 Å². The Kier molecular flexibility index (Phi) is 3.62. The highest BCUT2D eigenvalue weighted by Crippen LogP contribution is 2.13. The Hall–Kier alpha value is -1.16. The van der Waals surface area contributed by atoms with Gasteiger partial charge in [0.25, 0.3) is 0 Å². The number of allylic oxidation sites excluding steroid dienone is 1. The van der Waals surface area contributed by atoms with Crippen LogP contribution < -0.4 is 5.32 Å². The smallest absolute Gasteiger partial charge is 0.0965 e. The minimum Gasteiger partial charge on any atom is -0.308 e. The minimum atomic E-state index is 0.0127. The molecule has 4 nitrogen and oxygen atoms in total. The van der Waals surface area contributed by atoms with Crippen LogP contribution in [0.4, 0.5) is 0 Å². The van der Waals surface area contributed by atoms with E-state index in [1.807, 2.05) is 10.9 Å². The van der Waals surface area contributed by atoms with Gasteiger partial charge in [0.15, 0.2) is 0 Å². The first-order chi connectivity index (χ1) is 8.05. The fraction of sp³-hybridized carbons (Fsp3) is 0.692. The van der Waals surface area contributed by atoms with Crippen LogP contribution in [-0.4, -0.2) is 21.0 Å². The molecule has 1 aliphatic carbocycles. The first-order valence-corrected chi connectivity index (χ1v) is 6.36. The van der Waals surface area contributed by atoms with Crippen LogP contribution >= 0.6 is 0 Å². The van der Waals surface area contributed by atoms with E-state index >= 15 is 0 Å². The lowest BCUT2D eigenvalue weighted by atomic mass is 10.0. The molecular weight excluding hydrogens is 212 g/mol. The Bertz CT molecular complexity index is 386. The lowest BCUT2D eigenvalue weighted by molar-refractivity contribution is 0.346. The van der Waals surface area contributed by atoms with Crippen LogP contribution in [0.25, 0.3) is 0 Å². The van der Waals surface area contributed by atoms with Crippen LogP contribution in [0.2, 0.25) is 0 Å². The maximum atomic E-state index is 4.20. The van der Waals surface area contributed by atoms with E-state index < -0.39 is 0 Å². The van der Waals surface area contributed by atoms with Crippen molar-refractivity contribution in [2.45, 2.75) is 58.2 Å². The Balaban J connectivity index is 1.87. The highest BCUT2D eigenvalue weighted by Gasteiger charge is 2.15. The molecule has 17 heavy (non-hydrogen) atoms. The summed E-state index contributed by atoms with van der Waals surface area (Å²) < 4.78 is 1.92. The summed E-state index contributed by atoms with van der Waals surface area (Å²) in [6.45, 7) is 7.20. The maximum absolute atomic E-state index is 4.20. The first kappa shape index (κ1) is 12.3. The van der Waals surface area contributed by atoms with E-state index in [-0.39, 0.29) is 5.54 Å². The molecular formula is C13H22N4. The minimum absolute atomic E-state index is 0.0127. The average Bonchev–Trinajstić information content (AvgIpc) is 2.76. The van der Waals surface area contributed by atoms with Crippen LogP contribution in [0.1, 0.15) is 45.7 Å². The fourth-order valence-electron chi connectivity index (χ4n) is 1.94. The van der Waals surface area contributed by atoms with E-state index in [0.29, 0.717) is 6.04 Å². The second kappa shape index (κ2) is 5.00. The van der Waals surface area contributed by atoms with Gasteiger partial charge in [-0.25, -0.2) is 4.68 Å². The molecule has 0 radical (unpaired) electrons. The third kappa shape index (κ3) is 3.40. The molecule has 1 N–H and O–H groups in total. The SMILES string of the molecule is CC(C)(C)n1cc(CNC2CC=CCC2)nn1. The Morgan fingerprint density at radius 2 is 2.24 bits per heavy atom. The highest BCUT2D eigenvalue weighted by molar-refractivity contribution is 4.97. The standard InChI is InChI=1S/C13H22N4/c1-13(2,3)17-10-12(15-16-17)9-14-11-7-5-4-6-8-11/h4-5,10-11,14H,6-9H2,1-3H3. The number of aromatic nitrogens is 3. The topological polar surface area (TPSA) is 42.7 Å². The molecule has 2 rings (SSSR count). The fourth-order valence-corrected chi connectivity index (χ4v) is 1.94. The van der Waals surface area contributed by atoms with Gasteiger partial charge in [-0.3, -0.25) is 0 Å². The van der Waals surface area contributed by atoms with Crippen molar-refractivity contribution in [3.8, 4) is 0 Å². The number of hydrogen-bond acceptors (Lipinski definition) is 3. The van der Waals surface area contributed by atoms with Gasteiger partial charge in [0.1, 0.15) is 0 Å². The van der Waals surface area contributed by atoms with Crippen LogP contribution in [0.15, 0.2) is 18.3 Å². The molecule has 1 unspecified atom stereocenters. The molecule has 0 amide bonds. The second-order valence-electron chi connectivity index (χ2n) is 5.69. The molecule has 1 aromatic rings. The van der Waals surface area contributed by atoms with Crippen molar-refractivity contribution in [3.05, 3.63) is 24.0 Å². The molecule has 0 saturated carbocycles. The molecule has 1 atom stereocenters. The van der Waals surface area contributed by atoms with Crippen molar-refractivity contribution in [3.63, 3.8) is 0 Å². The van der Waals surface area contributed by atoms with Crippen molar-refractivity contribution < 1.29 is 0 Å². The molecule has 0 fully saturated rings. The second-order valence-corrected chi connectivity index (χ2v) is 5.69. The number of nitrogens with zero attached hydrogens (tertiary/aromatic N) is 3. The number of rotatable bonds is 3. The van der Waals surface area contributed by atoms with E-state index in [4.69, 9.17) is 0 Å². The lowest BCUT2D eigenvalue weighted by Crippen LogP contribution is -2.29. The quantitative estimate of drug-likeness (QED) is 0.816. The molecule has 4 heteroatoms. The van der Waals surface area contributed by atoms with Gasteiger partial charge in [0, 0.05) is 12.6 Å². The number of nitrogens with one attached hydrogen (secondary N) is 1. The molecule has 0 aliphatic heterocycles. The summed E-state index contributed by atoms with van der Waals surface area (Å²) in [6, 6.07) is 0.597. The zero-order valence-corrected chi connectivity index (χ0v) is 11.0. The Labute approximate surface area is 103 Å². The van der Waals surface area contributed by atoms with Crippen LogP contribution in [0, 0.1) is 0 Å². The van der Waals surface area contributed by atoms with E-state index in [0.717, 1.165) is 18.7 Å². The van der Waals surface area contributed by atoms with Gasteiger partial charge < -0.3 is 5.32 Å². The lowest BCUT2D eigenvalue weighted by Gasteiger charge is -2.19. The summed E-state index contributed by atoms with van der Waals surface area (Å²) in [5.74, 6) is 0. The average molecular weight is 234 g/mol. The molecule has 94 valence electrons. The Morgan fingerprint density at radius 1 is 1.41 bits per heavy atom. The molecule has 0 bridgehead atoms. The summed E-state index contributed by atoms with van der Waals surface area (Å²) in [5, 5.41) is 11.9. The van der Waals surface area contributed by atoms with E-state index in [9.17, 15) is 0 Å². The summed E-state index contributed by atoms with van der Waals surface area (Å²) in [7, 11) is 0. The van der Waals surface area contributed by atoms with Gasteiger partial charge in [-0.05, 0) is 40.0 Å². The molecule has 0 aromatic carbocycles. The zero-order valence-electron chi connectivity index (χ0n) is 11.0. The van der Waals surface area contributed by atoms with Gasteiger partial charge in [0.2, 0.25) is 0 Å². The van der Waals surface area contributed by atoms with Crippen molar-refractivity contribution >= 4 is 0 Å². The molecule has 1 heterocycles. The Morgan fingerprint density at radius 3 is 2.82 bits per heavy atom. The van der Waals surface area contributed by atoms with E-state index in [2.05, 4.69) is 48.6 Å².